The Labute approximate surface area is 169 Å². The first kappa shape index (κ1) is 18.3. The third-order valence-electron chi connectivity index (χ3n) is 7.47. The first-order valence-electron chi connectivity index (χ1n) is 11.6. The summed E-state index contributed by atoms with van der Waals surface area (Å²) in [5.74, 6) is 0.472. The Morgan fingerprint density at radius 2 is 1.50 bits per heavy atom. The molecule has 0 amide bonds. The van der Waals surface area contributed by atoms with Crippen molar-refractivity contribution in [3.63, 3.8) is 0 Å². The average Bonchev–Trinajstić information content (AvgIpc) is 3.36. The van der Waals surface area contributed by atoms with E-state index < -0.39 is 0 Å². The van der Waals surface area contributed by atoms with Crippen LogP contribution in [-0.4, -0.2) is 17.2 Å². The van der Waals surface area contributed by atoms with Crippen LogP contribution < -0.4 is 4.90 Å². The lowest BCUT2D eigenvalue weighted by molar-refractivity contribution is 0.338. The Hall–Kier alpha value is -1.77. The number of aromatic nitrogens is 1. The Bertz CT molecular complexity index is 781. The lowest BCUT2D eigenvalue weighted by Crippen LogP contribution is -2.45. The maximum absolute atomic E-state index is 5.65. The summed E-state index contributed by atoms with van der Waals surface area (Å²) < 4.78 is 5.65. The fourth-order valence-electron chi connectivity index (χ4n) is 6.07. The van der Waals surface area contributed by atoms with E-state index in [0.29, 0.717) is 18.0 Å². The topological polar surface area (TPSA) is 29.3 Å². The van der Waals surface area contributed by atoms with Crippen LogP contribution in [0.3, 0.4) is 0 Å². The van der Waals surface area contributed by atoms with Crippen molar-refractivity contribution in [2.24, 2.45) is 0 Å². The number of nitrogens with zero attached hydrogens (tertiary/aromatic N) is 2. The molecule has 150 valence electrons. The van der Waals surface area contributed by atoms with Gasteiger partial charge in [-0.15, -0.1) is 0 Å². The number of fused-ring (bicyclic) bond motifs is 1. The third kappa shape index (κ3) is 3.49. The molecule has 3 aliphatic rings. The van der Waals surface area contributed by atoms with Crippen molar-refractivity contribution in [3.8, 4) is 0 Å². The number of aryl methyl sites for hydroxylation is 1. The standard InChI is InChI=1S/C25H34N2O/c1-18-12-13-19-15-21(16-20(19)14-18)25-24(17-28-26-25)27(22-8-4-2-5-9-22)23-10-6-3-7-11-23/h12-14,17,21-23H,2-11,15-16H2,1H3. The highest BCUT2D eigenvalue weighted by Crippen LogP contribution is 2.42. The van der Waals surface area contributed by atoms with E-state index in [2.05, 4.69) is 35.2 Å². The van der Waals surface area contributed by atoms with E-state index in [-0.39, 0.29) is 0 Å². The van der Waals surface area contributed by atoms with Crippen molar-refractivity contribution in [2.45, 2.75) is 102 Å². The van der Waals surface area contributed by atoms with Crippen LogP contribution in [0.4, 0.5) is 5.69 Å². The van der Waals surface area contributed by atoms with E-state index >= 15 is 0 Å². The largest absolute Gasteiger partial charge is 0.362 e. The molecule has 1 heterocycles. The van der Waals surface area contributed by atoms with E-state index in [1.807, 2.05) is 6.26 Å². The zero-order chi connectivity index (χ0) is 18.9. The lowest BCUT2D eigenvalue weighted by Gasteiger charge is -2.43. The summed E-state index contributed by atoms with van der Waals surface area (Å²) >= 11 is 0. The Balaban J connectivity index is 1.45. The van der Waals surface area contributed by atoms with Crippen molar-refractivity contribution in [2.75, 3.05) is 4.90 Å². The molecule has 2 fully saturated rings. The molecular formula is C25H34N2O. The van der Waals surface area contributed by atoms with Gasteiger partial charge >= 0.3 is 0 Å². The Morgan fingerprint density at radius 3 is 2.18 bits per heavy atom. The fraction of sp³-hybridized carbons (Fsp3) is 0.640. The number of hydrogen-bond donors (Lipinski definition) is 0. The Morgan fingerprint density at radius 1 is 0.857 bits per heavy atom. The zero-order valence-corrected chi connectivity index (χ0v) is 17.3. The van der Waals surface area contributed by atoms with Gasteiger partial charge in [-0.05, 0) is 56.6 Å². The highest BCUT2D eigenvalue weighted by atomic mass is 16.5. The molecule has 0 aliphatic heterocycles. The highest BCUT2D eigenvalue weighted by Gasteiger charge is 2.35. The fourth-order valence-corrected chi connectivity index (χ4v) is 6.07. The summed E-state index contributed by atoms with van der Waals surface area (Å²) in [6.07, 6.45) is 17.9. The molecule has 1 aromatic heterocycles. The van der Waals surface area contributed by atoms with Crippen molar-refractivity contribution in [3.05, 3.63) is 46.8 Å². The molecule has 0 radical (unpaired) electrons. The molecule has 3 nitrogen and oxygen atoms in total. The second-order valence-corrected chi connectivity index (χ2v) is 9.45. The predicted octanol–water partition coefficient (Wildman–Crippen LogP) is 6.34. The minimum Gasteiger partial charge on any atom is -0.362 e. The van der Waals surface area contributed by atoms with Gasteiger partial charge in [0, 0.05) is 18.0 Å². The first-order valence-corrected chi connectivity index (χ1v) is 11.6. The second-order valence-electron chi connectivity index (χ2n) is 9.45. The molecule has 2 aromatic rings. The molecule has 0 spiro atoms. The maximum atomic E-state index is 5.65. The van der Waals surface area contributed by atoms with Crippen LogP contribution in [0, 0.1) is 6.92 Å². The van der Waals surface area contributed by atoms with Gasteiger partial charge in [0.2, 0.25) is 0 Å². The van der Waals surface area contributed by atoms with Crippen molar-refractivity contribution in [1.29, 1.82) is 0 Å². The van der Waals surface area contributed by atoms with E-state index in [0.717, 1.165) is 12.8 Å². The molecule has 2 saturated carbocycles. The lowest BCUT2D eigenvalue weighted by atomic mass is 9.87. The average molecular weight is 379 g/mol. The SMILES string of the molecule is Cc1ccc2c(c1)CC(c1nocc1N(C1CCCCC1)C1CCCCC1)C2. The molecule has 3 aliphatic carbocycles. The van der Waals surface area contributed by atoms with Gasteiger partial charge in [0.15, 0.2) is 0 Å². The van der Waals surface area contributed by atoms with Gasteiger partial charge in [-0.1, -0.05) is 67.4 Å². The summed E-state index contributed by atoms with van der Waals surface area (Å²) in [5, 5.41) is 4.60. The maximum Gasteiger partial charge on any atom is 0.147 e. The van der Waals surface area contributed by atoms with Gasteiger partial charge < -0.3 is 9.42 Å². The van der Waals surface area contributed by atoms with Crippen molar-refractivity contribution in [1.82, 2.24) is 5.16 Å². The van der Waals surface area contributed by atoms with Crippen LogP contribution in [-0.2, 0) is 12.8 Å². The van der Waals surface area contributed by atoms with Crippen LogP contribution in [0.1, 0.15) is 92.5 Å². The van der Waals surface area contributed by atoms with Gasteiger partial charge in [0.05, 0.1) is 0 Å². The highest BCUT2D eigenvalue weighted by molar-refractivity contribution is 5.54. The van der Waals surface area contributed by atoms with Crippen molar-refractivity contribution >= 4 is 5.69 Å². The first-order chi connectivity index (χ1) is 13.8. The van der Waals surface area contributed by atoms with E-state index in [1.54, 1.807) is 0 Å². The minimum absolute atomic E-state index is 0.472. The Kier molecular flexibility index (Phi) is 5.17. The molecular weight excluding hydrogens is 344 g/mol. The molecule has 1 aromatic carbocycles. The van der Waals surface area contributed by atoms with Crippen molar-refractivity contribution < 1.29 is 4.52 Å². The molecule has 0 bridgehead atoms. The smallest absolute Gasteiger partial charge is 0.147 e. The van der Waals surface area contributed by atoms with Gasteiger partial charge in [-0.25, -0.2) is 0 Å². The van der Waals surface area contributed by atoms with Gasteiger partial charge in [0.25, 0.3) is 0 Å². The molecule has 3 heteroatoms. The summed E-state index contributed by atoms with van der Waals surface area (Å²) in [6, 6.07) is 8.31. The molecule has 0 N–H and O–H groups in total. The number of hydrogen-bond acceptors (Lipinski definition) is 3. The molecule has 1 unspecified atom stereocenters. The number of benzene rings is 1. The molecule has 28 heavy (non-hydrogen) atoms. The minimum atomic E-state index is 0.472. The third-order valence-corrected chi connectivity index (χ3v) is 7.47. The van der Waals surface area contributed by atoms with E-state index in [1.165, 1.54) is 92.3 Å². The van der Waals surface area contributed by atoms with Crippen LogP contribution in [0.25, 0.3) is 0 Å². The van der Waals surface area contributed by atoms with E-state index in [9.17, 15) is 0 Å². The molecule has 1 atom stereocenters. The number of anilines is 1. The quantitative estimate of drug-likeness (QED) is 0.622. The van der Waals surface area contributed by atoms with E-state index in [4.69, 9.17) is 4.52 Å². The molecule has 5 rings (SSSR count). The van der Waals surface area contributed by atoms with Gasteiger partial charge in [-0.3, -0.25) is 0 Å². The normalized spacial score (nSPS) is 23.7. The zero-order valence-electron chi connectivity index (χ0n) is 17.3. The van der Waals surface area contributed by atoms with Crippen LogP contribution >= 0.6 is 0 Å². The van der Waals surface area contributed by atoms with Crippen LogP contribution in [0.15, 0.2) is 29.0 Å². The summed E-state index contributed by atoms with van der Waals surface area (Å²) in [4.78, 5) is 2.79. The second kappa shape index (κ2) is 7.93. The predicted molar refractivity (Wildman–Crippen MR) is 114 cm³/mol. The molecule has 0 saturated heterocycles. The number of rotatable bonds is 4. The summed E-state index contributed by atoms with van der Waals surface area (Å²) in [7, 11) is 0. The monoisotopic (exact) mass is 378 g/mol. The summed E-state index contributed by atoms with van der Waals surface area (Å²) in [5.41, 5.74) is 6.94. The summed E-state index contributed by atoms with van der Waals surface area (Å²) in [6.45, 7) is 2.20. The van der Waals surface area contributed by atoms with Crippen LogP contribution in [0.2, 0.25) is 0 Å². The van der Waals surface area contributed by atoms with Gasteiger partial charge in [0.1, 0.15) is 17.6 Å². The van der Waals surface area contributed by atoms with Crippen LogP contribution in [0.5, 0.6) is 0 Å². The van der Waals surface area contributed by atoms with Gasteiger partial charge in [-0.2, -0.15) is 0 Å².